The van der Waals surface area contributed by atoms with Crippen LogP contribution in [0.2, 0.25) is 0 Å². The molecule has 2 amide bonds. The molecule has 6 heteroatoms. The molecule has 0 atom stereocenters. The first kappa shape index (κ1) is 15.0. The number of nitrogens with one attached hydrogen (secondary N) is 2. The number of aromatic nitrogens is 3. The van der Waals surface area contributed by atoms with Gasteiger partial charge < -0.3 is 5.32 Å². The minimum absolute atomic E-state index is 0.210. The van der Waals surface area contributed by atoms with Crippen molar-refractivity contribution in [3.8, 4) is 0 Å². The summed E-state index contributed by atoms with van der Waals surface area (Å²) < 4.78 is 1.77. The van der Waals surface area contributed by atoms with Crippen molar-refractivity contribution in [2.75, 3.05) is 11.9 Å². The lowest BCUT2D eigenvalue weighted by Gasteiger charge is -2.05. The second-order valence-electron chi connectivity index (χ2n) is 4.85. The topological polar surface area (TPSA) is 71.8 Å². The van der Waals surface area contributed by atoms with Crippen LogP contribution in [0.25, 0.3) is 0 Å². The number of hydrogen-bond acceptors (Lipinski definition) is 3. The fourth-order valence-corrected chi connectivity index (χ4v) is 1.93. The molecular formula is C15H21N5O. The maximum Gasteiger partial charge on any atom is 0.320 e. The van der Waals surface area contributed by atoms with Gasteiger partial charge in [-0.2, -0.15) is 5.10 Å². The number of urea groups is 1. The molecule has 0 radical (unpaired) electrons. The standard InChI is InChI=1S/C15H21N5O/c1-2-3-4-9-17-15(21)18-14-7-10-20(19-14)12-13-6-5-8-16-11-13/h5-8,10-11H,2-4,9,12H2,1H3,(H2,17,18,19,21). The molecule has 0 spiro atoms. The van der Waals surface area contributed by atoms with Gasteiger partial charge in [-0.3, -0.25) is 15.0 Å². The van der Waals surface area contributed by atoms with E-state index in [-0.39, 0.29) is 6.03 Å². The van der Waals surface area contributed by atoms with Crippen molar-refractivity contribution >= 4 is 11.8 Å². The normalized spacial score (nSPS) is 10.3. The van der Waals surface area contributed by atoms with E-state index in [1.807, 2.05) is 18.3 Å². The summed E-state index contributed by atoms with van der Waals surface area (Å²) in [4.78, 5) is 15.7. The van der Waals surface area contributed by atoms with Crippen LogP contribution >= 0.6 is 0 Å². The van der Waals surface area contributed by atoms with Crippen molar-refractivity contribution in [2.24, 2.45) is 0 Å². The zero-order valence-electron chi connectivity index (χ0n) is 12.2. The minimum atomic E-state index is -0.210. The van der Waals surface area contributed by atoms with E-state index in [4.69, 9.17) is 0 Å². The molecular weight excluding hydrogens is 266 g/mol. The summed E-state index contributed by atoms with van der Waals surface area (Å²) in [5.74, 6) is 0.548. The van der Waals surface area contributed by atoms with Gasteiger partial charge in [0.15, 0.2) is 5.82 Å². The van der Waals surface area contributed by atoms with E-state index >= 15 is 0 Å². The van der Waals surface area contributed by atoms with Crippen LogP contribution < -0.4 is 10.6 Å². The molecule has 0 saturated carbocycles. The van der Waals surface area contributed by atoms with Gasteiger partial charge in [0, 0.05) is 31.2 Å². The molecule has 2 aromatic rings. The quantitative estimate of drug-likeness (QED) is 0.769. The third-order valence-electron chi connectivity index (χ3n) is 3.02. The molecule has 6 nitrogen and oxygen atoms in total. The van der Waals surface area contributed by atoms with Gasteiger partial charge in [-0.25, -0.2) is 4.79 Å². The highest BCUT2D eigenvalue weighted by Crippen LogP contribution is 2.05. The van der Waals surface area contributed by atoms with Gasteiger partial charge in [-0.15, -0.1) is 0 Å². The Morgan fingerprint density at radius 3 is 3.00 bits per heavy atom. The molecule has 21 heavy (non-hydrogen) atoms. The van der Waals surface area contributed by atoms with Crippen LogP contribution in [0, 0.1) is 0 Å². The van der Waals surface area contributed by atoms with Gasteiger partial charge in [0.2, 0.25) is 0 Å². The molecule has 2 N–H and O–H groups in total. The van der Waals surface area contributed by atoms with E-state index < -0.39 is 0 Å². The number of unbranched alkanes of at least 4 members (excludes halogenated alkanes) is 2. The highest BCUT2D eigenvalue weighted by Gasteiger charge is 2.04. The lowest BCUT2D eigenvalue weighted by molar-refractivity contribution is 0.252. The van der Waals surface area contributed by atoms with Crippen LogP contribution in [0.3, 0.4) is 0 Å². The van der Waals surface area contributed by atoms with Crippen LogP contribution in [0.4, 0.5) is 10.6 Å². The number of hydrogen-bond donors (Lipinski definition) is 2. The van der Waals surface area contributed by atoms with Crippen LogP contribution in [-0.4, -0.2) is 27.3 Å². The lowest BCUT2D eigenvalue weighted by Crippen LogP contribution is -2.29. The fourth-order valence-electron chi connectivity index (χ4n) is 1.93. The number of carbonyl (C=O) groups is 1. The average Bonchev–Trinajstić information content (AvgIpc) is 2.92. The minimum Gasteiger partial charge on any atom is -0.338 e. The summed E-state index contributed by atoms with van der Waals surface area (Å²) in [6, 6.07) is 5.45. The second-order valence-corrected chi connectivity index (χ2v) is 4.85. The molecule has 2 rings (SSSR count). The number of nitrogens with zero attached hydrogens (tertiary/aromatic N) is 3. The molecule has 2 aromatic heterocycles. The molecule has 2 heterocycles. The molecule has 0 aliphatic carbocycles. The lowest BCUT2D eigenvalue weighted by atomic mass is 10.2. The highest BCUT2D eigenvalue weighted by atomic mass is 16.2. The summed E-state index contributed by atoms with van der Waals surface area (Å²) in [7, 11) is 0. The van der Waals surface area contributed by atoms with Gasteiger partial charge in [0.25, 0.3) is 0 Å². The third kappa shape index (κ3) is 5.25. The Hall–Kier alpha value is -2.37. The smallest absolute Gasteiger partial charge is 0.320 e. The number of anilines is 1. The Bertz CT molecular complexity index is 552. The van der Waals surface area contributed by atoms with Crippen LogP contribution in [-0.2, 0) is 6.54 Å². The zero-order chi connectivity index (χ0) is 14.9. The Morgan fingerprint density at radius 2 is 2.24 bits per heavy atom. The number of carbonyl (C=O) groups excluding carboxylic acids is 1. The molecule has 0 unspecified atom stereocenters. The Balaban J connectivity index is 1.79. The van der Waals surface area contributed by atoms with E-state index in [2.05, 4.69) is 27.6 Å². The van der Waals surface area contributed by atoms with Crippen LogP contribution in [0.1, 0.15) is 31.7 Å². The fraction of sp³-hybridized carbons (Fsp3) is 0.400. The van der Waals surface area contributed by atoms with Gasteiger partial charge in [0.05, 0.1) is 6.54 Å². The van der Waals surface area contributed by atoms with Crippen molar-refractivity contribution < 1.29 is 4.79 Å². The SMILES string of the molecule is CCCCCNC(=O)Nc1ccn(Cc2cccnc2)n1. The van der Waals surface area contributed by atoms with Crippen molar-refractivity contribution in [1.29, 1.82) is 0 Å². The van der Waals surface area contributed by atoms with Crippen molar-refractivity contribution in [2.45, 2.75) is 32.7 Å². The largest absolute Gasteiger partial charge is 0.338 e. The second kappa shape index (κ2) is 8.04. The molecule has 0 aromatic carbocycles. The monoisotopic (exact) mass is 287 g/mol. The summed E-state index contributed by atoms with van der Waals surface area (Å²) in [6.45, 7) is 3.46. The zero-order valence-corrected chi connectivity index (χ0v) is 12.2. The summed E-state index contributed by atoms with van der Waals surface area (Å²) in [5, 5.41) is 9.85. The van der Waals surface area contributed by atoms with Gasteiger partial charge in [-0.1, -0.05) is 25.8 Å². The van der Waals surface area contributed by atoms with Gasteiger partial charge in [-0.05, 0) is 18.1 Å². The van der Waals surface area contributed by atoms with Gasteiger partial charge >= 0.3 is 6.03 Å². The van der Waals surface area contributed by atoms with E-state index in [0.717, 1.165) is 24.8 Å². The highest BCUT2D eigenvalue weighted by molar-refractivity contribution is 5.88. The maximum atomic E-state index is 11.7. The van der Waals surface area contributed by atoms with Crippen LogP contribution in [0.5, 0.6) is 0 Å². The third-order valence-corrected chi connectivity index (χ3v) is 3.02. The van der Waals surface area contributed by atoms with E-state index in [0.29, 0.717) is 18.9 Å². The summed E-state index contributed by atoms with van der Waals surface area (Å²) >= 11 is 0. The number of pyridine rings is 1. The first-order valence-corrected chi connectivity index (χ1v) is 7.25. The molecule has 0 bridgehead atoms. The molecule has 112 valence electrons. The maximum absolute atomic E-state index is 11.7. The predicted octanol–water partition coefficient (Wildman–Crippen LogP) is 2.64. The summed E-state index contributed by atoms with van der Waals surface area (Å²) in [5.41, 5.74) is 1.07. The van der Waals surface area contributed by atoms with Crippen molar-refractivity contribution in [1.82, 2.24) is 20.1 Å². The Labute approximate surface area is 124 Å². The Kier molecular flexibility index (Phi) is 5.75. The van der Waals surface area contributed by atoms with Crippen molar-refractivity contribution in [3.63, 3.8) is 0 Å². The average molecular weight is 287 g/mol. The first-order valence-electron chi connectivity index (χ1n) is 7.25. The molecule has 0 saturated heterocycles. The number of rotatable bonds is 7. The first-order chi connectivity index (χ1) is 10.3. The predicted molar refractivity (Wildman–Crippen MR) is 82.1 cm³/mol. The van der Waals surface area contributed by atoms with Crippen molar-refractivity contribution in [3.05, 3.63) is 42.4 Å². The van der Waals surface area contributed by atoms with E-state index in [1.165, 1.54) is 0 Å². The number of amides is 2. The molecule has 0 aliphatic rings. The molecule has 0 aliphatic heterocycles. The Morgan fingerprint density at radius 1 is 1.33 bits per heavy atom. The molecule has 0 fully saturated rings. The summed E-state index contributed by atoms with van der Waals surface area (Å²) in [6.07, 6.45) is 8.64. The van der Waals surface area contributed by atoms with E-state index in [1.54, 1.807) is 23.1 Å². The van der Waals surface area contributed by atoms with Crippen LogP contribution in [0.15, 0.2) is 36.8 Å². The van der Waals surface area contributed by atoms with Gasteiger partial charge in [0.1, 0.15) is 0 Å². The van der Waals surface area contributed by atoms with E-state index in [9.17, 15) is 4.79 Å².